The summed E-state index contributed by atoms with van der Waals surface area (Å²) in [7, 11) is 0. The van der Waals surface area contributed by atoms with Gasteiger partial charge in [-0.15, -0.1) is 0 Å². The lowest BCUT2D eigenvalue weighted by Gasteiger charge is -1.95. The summed E-state index contributed by atoms with van der Waals surface area (Å²) in [6, 6.07) is 5.89. The molecule has 0 bridgehead atoms. The largest absolute Gasteiger partial charge is 0.508 e. The summed E-state index contributed by atoms with van der Waals surface area (Å²) in [5.74, 6) is 2.42. The second kappa shape index (κ2) is 14.9. The molecular weight excluding hydrogens is 260 g/mol. The summed E-state index contributed by atoms with van der Waals surface area (Å²) in [5.41, 5.74) is 0. The molecule has 0 amide bonds. The zero-order chi connectivity index (χ0) is 15.1. The smallest absolute Gasteiger partial charge is 0.298 e. The maximum Gasteiger partial charge on any atom is 0.298 e. The number of benzene rings is 1. The third-order valence-corrected chi connectivity index (χ3v) is 1.89. The lowest BCUT2D eigenvalue weighted by Crippen LogP contribution is -1.86. The predicted octanol–water partition coefficient (Wildman–Crippen LogP) is 4.31. The Morgan fingerprint density at radius 3 is 2.00 bits per heavy atom. The molecule has 0 spiro atoms. The van der Waals surface area contributed by atoms with Gasteiger partial charge in [0.1, 0.15) is 11.5 Å². The van der Waals surface area contributed by atoms with Crippen molar-refractivity contribution < 1.29 is 14.6 Å². The van der Waals surface area contributed by atoms with Gasteiger partial charge in [0.25, 0.3) is 6.47 Å². The van der Waals surface area contributed by atoms with E-state index in [4.69, 9.17) is 5.11 Å². The monoisotopic (exact) mass is 286 g/mol. The SMILES string of the molecule is CCCC(C)C.CCS.O=COc1ccc(O)cc1. The minimum absolute atomic E-state index is 0.151. The third-order valence-electron chi connectivity index (χ3n) is 1.89. The van der Waals surface area contributed by atoms with Gasteiger partial charge in [0.2, 0.25) is 0 Å². The van der Waals surface area contributed by atoms with Crippen LogP contribution in [-0.4, -0.2) is 17.3 Å². The van der Waals surface area contributed by atoms with Crippen LogP contribution in [0.25, 0.3) is 0 Å². The van der Waals surface area contributed by atoms with E-state index in [1.807, 2.05) is 6.92 Å². The number of carbonyl (C=O) groups is 1. The highest BCUT2D eigenvalue weighted by molar-refractivity contribution is 7.80. The van der Waals surface area contributed by atoms with Gasteiger partial charge in [-0.25, -0.2) is 0 Å². The van der Waals surface area contributed by atoms with E-state index in [1.54, 1.807) is 0 Å². The Balaban J connectivity index is 0. The van der Waals surface area contributed by atoms with Gasteiger partial charge in [-0.2, -0.15) is 12.6 Å². The molecule has 19 heavy (non-hydrogen) atoms. The van der Waals surface area contributed by atoms with Gasteiger partial charge >= 0.3 is 0 Å². The number of carbonyl (C=O) groups excluding carboxylic acids is 1. The maximum atomic E-state index is 9.77. The van der Waals surface area contributed by atoms with E-state index in [0.29, 0.717) is 12.2 Å². The van der Waals surface area contributed by atoms with Crippen molar-refractivity contribution in [3.63, 3.8) is 0 Å². The van der Waals surface area contributed by atoms with E-state index in [-0.39, 0.29) is 5.75 Å². The average Bonchev–Trinajstić information content (AvgIpc) is 2.34. The number of hydrogen-bond acceptors (Lipinski definition) is 4. The summed E-state index contributed by atoms with van der Waals surface area (Å²) in [6.45, 7) is 9.06. The van der Waals surface area contributed by atoms with Crippen LogP contribution >= 0.6 is 12.6 Å². The first kappa shape index (κ1) is 20.2. The maximum absolute atomic E-state index is 9.77. The highest BCUT2D eigenvalue weighted by Crippen LogP contribution is 2.14. The predicted molar refractivity (Wildman–Crippen MR) is 84.1 cm³/mol. The van der Waals surface area contributed by atoms with Crippen LogP contribution in [0.15, 0.2) is 24.3 Å². The van der Waals surface area contributed by atoms with Crippen molar-refractivity contribution in [2.75, 3.05) is 5.75 Å². The fourth-order valence-electron chi connectivity index (χ4n) is 1.16. The van der Waals surface area contributed by atoms with Gasteiger partial charge in [-0.1, -0.05) is 40.5 Å². The van der Waals surface area contributed by atoms with E-state index in [0.717, 1.165) is 11.7 Å². The quantitative estimate of drug-likeness (QED) is 0.640. The van der Waals surface area contributed by atoms with Crippen molar-refractivity contribution in [2.45, 2.75) is 40.5 Å². The van der Waals surface area contributed by atoms with E-state index in [1.165, 1.54) is 37.1 Å². The molecule has 0 heterocycles. The Kier molecular flexibility index (Phi) is 15.8. The van der Waals surface area contributed by atoms with Crippen molar-refractivity contribution in [1.29, 1.82) is 0 Å². The van der Waals surface area contributed by atoms with Gasteiger partial charge in [0, 0.05) is 0 Å². The first-order valence-electron chi connectivity index (χ1n) is 6.51. The van der Waals surface area contributed by atoms with Crippen LogP contribution in [0.3, 0.4) is 0 Å². The summed E-state index contributed by atoms with van der Waals surface area (Å²) < 4.78 is 4.47. The molecule has 0 aromatic heterocycles. The number of thiol groups is 1. The molecule has 4 heteroatoms. The van der Waals surface area contributed by atoms with Gasteiger partial charge in [-0.3, -0.25) is 4.79 Å². The average molecular weight is 286 g/mol. The van der Waals surface area contributed by atoms with E-state index in [2.05, 4.69) is 38.1 Å². The Morgan fingerprint density at radius 2 is 1.74 bits per heavy atom. The lowest BCUT2D eigenvalue weighted by molar-refractivity contribution is -0.120. The standard InChI is InChI=1S/C7H6O3.C6H14.C2H6S/c8-5-10-7-3-1-6(9)2-4-7;1-4-5-6(2)3;1-2-3/h1-5,9H;6H,4-5H2,1-3H3;3H,2H2,1H3. The number of rotatable bonds is 4. The first-order chi connectivity index (χ1) is 9.01. The molecule has 1 aromatic carbocycles. The number of phenols is 1. The fourth-order valence-corrected chi connectivity index (χ4v) is 1.16. The minimum atomic E-state index is 0.151. The Morgan fingerprint density at radius 1 is 1.26 bits per heavy atom. The number of phenolic OH excluding ortho intramolecular Hbond substituents is 1. The summed E-state index contributed by atoms with van der Waals surface area (Å²) >= 11 is 3.79. The van der Waals surface area contributed by atoms with Crippen molar-refractivity contribution >= 4 is 19.1 Å². The first-order valence-corrected chi connectivity index (χ1v) is 7.15. The van der Waals surface area contributed by atoms with Crippen LogP contribution in [0.2, 0.25) is 0 Å². The van der Waals surface area contributed by atoms with E-state index < -0.39 is 0 Å². The number of hydrogen-bond donors (Lipinski definition) is 2. The Labute approximate surface area is 122 Å². The van der Waals surface area contributed by atoms with Crippen molar-refractivity contribution in [2.24, 2.45) is 5.92 Å². The molecule has 0 fully saturated rings. The molecule has 3 nitrogen and oxygen atoms in total. The third kappa shape index (κ3) is 16.8. The van der Waals surface area contributed by atoms with Gasteiger partial charge in [-0.05, 0) is 35.9 Å². The van der Waals surface area contributed by atoms with Crippen LogP contribution in [-0.2, 0) is 4.79 Å². The van der Waals surface area contributed by atoms with Gasteiger partial charge in [0.05, 0.1) is 0 Å². The zero-order valence-corrected chi connectivity index (χ0v) is 13.2. The van der Waals surface area contributed by atoms with Crippen LogP contribution in [0.4, 0.5) is 0 Å². The molecule has 0 atom stereocenters. The van der Waals surface area contributed by atoms with Crippen molar-refractivity contribution in [3.8, 4) is 11.5 Å². The molecule has 0 saturated heterocycles. The number of ether oxygens (including phenoxy) is 1. The molecule has 0 saturated carbocycles. The van der Waals surface area contributed by atoms with Gasteiger partial charge < -0.3 is 9.84 Å². The molecule has 0 aliphatic rings. The highest BCUT2D eigenvalue weighted by Gasteiger charge is 1.90. The Bertz CT molecular complexity index is 297. The second-order valence-electron chi connectivity index (χ2n) is 4.21. The van der Waals surface area contributed by atoms with Crippen LogP contribution < -0.4 is 4.74 Å². The molecular formula is C15H26O3S. The van der Waals surface area contributed by atoms with Crippen molar-refractivity contribution in [1.82, 2.24) is 0 Å². The normalized spacial score (nSPS) is 8.74. The van der Waals surface area contributed by atoms with Gasteiger partial charge in [0.15, 0.2) is 0 Å². The fraction of sp³-hybridized carbons (Fsp3) is 0.533. The van der Waals surface area contributed by atoms with E-state index in [9.17, 15) is 4.79 Å². The lowest BCUT2D eigenvalue weighted by atomic mass is 10.1. The molecule has 110 valence electrons. The van der Waals surface area contributed by atoms with Crippen LogP contribution in [0.5, 0.6) is 11.5 Å². The van der Waals surface area contributed by atoms with Crippen molar-refractivity contribution in [3.05, 3.63) is 24.3 Å². The molecule has 1 aromatic rings. The summed E-state index contributed by atoms with van der Waals surface area (Å²) in [6.07, 6.45) is 2.71. The molecule has 1 N–H and O–H groups in total. The molecule has 1 rings (SSSR count). The zero-order valence-electron chi connectivity index (χ0n) is 12.3. The van der Waals surface area contributed by atoms with Crippen LogP contribution in [0, 0.1) is 5.92 Å². The topological polar surface area (TPSA) is 46.5 Å². The summed E-state index contributed by atoms with van der Waals surface area (Å²) in [4.78, 5) is 9.77. The molecule has 0 radical (unpaired) electrons. The van der Waals surface area contributed by atoms with E-state index >= 15 is 0 Å². The molecule has 0 aliphatic carbocycles. The number of aromatic hydroxyl groups is 1. The Hall–Kier alpha value is -1.16. The highest BCUT2D eigenvalue weighted by atomic mass is 32.1. The molecule has 0 unspecified atom stereocenters. The minimum Gasteiger partial charge on any atom is -0.508 e. The van der Waals surface area contributed by atoms with Crippen LogP contribution in [0.1, 0.15) is 40.5 Å². The second-order valence-corrected chi connectivity index (χ2v) is 4.84. The summed E-state index contributed by atoms with van der Waals surface area (Å²) in [5, 5.41) is 8.78. The molecule has 0 aliphatic heterocycles.